The van der Waals surface area contributed by atoms with Crippen molar-refractivity contribution in [1.29, 1.82) is 5.26 Å². The smallest absolute Gasteiger partial charge is 0.234 e. The Morgan fingerprint density at radius 1 is 1.47 bits per heavy atom. The van der Waals surface area contributed by atoms with Crippen LogP contribution in [0, 0.1) is 17.2 Å². The van der Waals surface area contributed by atoms with Gasteiger partial charge in [-0.25, -0.2) is 0 Å². The fraction of sp³-hybridized carbons (Fsp3) is 0.429. The van der Waals surface area contributed by atoms with Gasteiger partial charge < -0.3 is 5.32 Å². The Balaban J connectivity index is 2.77. The molecule has 0 heterocycles. The molecule has 1 rings (SSSR count). The van der Waals surface area contributed by atoms with Gasteiger partial charge >= 0.3 is 0 Å². The summed E-state index contributed by atoms with van der Waals surface area (Å²) in [6, 6.07) is 9.77. The van der Waals surface area contributed by atoms with Crippen molar-refractivity contribution in [2.45, 2.75) is 30.4 Å². The van der Waals surface area contributed by atoms with Crippen molar-refractivity contribution in [3.8, 4) is 6.07 Å². The third-order valence-corrected chi connectivity index (χ3v) is 4.68. The van der Waals surface area contributed by atoms with Crippen molar-refractivity contribution in [3.63, 3.8) is 0 Å². The maximum atomic E-state index is 12.1. The highest BCUT2D eigenvalue weighted by Crippen LogP contribution is 2.33. The highest BCUT2D eigenvalue weighted by atomic mass is 79.9. The second kappa shape index (κ2) is 8.23. The summed E-state index contributed by atoms with van der Waals surface area (Å²) in [5.41, 5.74) is 0. The highest BCUT2D eigenvalue weighted by Gasteiger charge is 2.21. The van der Waals surface area contributed by atoms with Crippen LogP contribution >= 0.6 is 27.7 Å². The fourth-order valence-corrected chi connectivity index (χ4v) is 3.45. The summed E-state index contributed by atoms with van der Waals surface area (Å²) >= 11 is 5.02. The zero-order valence-electron chi connectivity index (χ0n) is 11.0. The lowest BCUT2D eigenvalue weighted by Crippen LogP contribution is -2.33. The zero-order valence-corrected chi connectivity index (χ0v) is 13.4. The van der Waals surface area contributed by atoms with Gasteiger partial charge in [-0.2, -0.15) is 5.26 Å². The Kier molecular flexibility index (Phi) is 6.96. The van der Waals surface area contributed by atoms with E-state index in [1.54, 1.807) is 0 Å². The van der Waals surface area contributed by atoms with Gasteiger partial charge in [-0.1, -0.05) is 26.0 Å². The molecule has 0 radical (unpaired) electrons. The molecule has 0 aromatic heterocycles. The fourth-order valence-electron chi connectivity index (χ4n) is 1.57. The first kappa shape index (κ1) is 16.1. The van der Waals surface area contributed by atoms with Crippen molar-refractivity contribution in [1.82, 2.24) is 5.32 Å². The molecule has 1 unspecified atom stereocenters. The predicted molar refractivity (Wildman–Crippen MR) is 81.9 cm³/mol. The van der Waals surface area contributed by atoms with E-state index in [9.17, 15) is 4.79 Å². The van der Waals surface area contributed by atoms with E-state index < -0.39 is 0 Å². The first-order valence-electron chi connectivity index (χ1n) is 6.10. The normalized spacial score (nSPS) is 11.9. The molecular weight excluding hydrogens is 324 g/mol. The molecule has 0 aliphatic rings. The summed E-state index contributed by atoms with van der Waals surface area (Å²) in [6.07, 6.45) is 0.781. The zero-order chi connectivity index (χ0) is 14.3. The molecule has 1 aromatic carbocycles. The number of hydrogen-bond acceptors (Lipinski definition) is 3. The third kappa shape index (κ3) is 5.66. The number of hydrogen-bond donors (Lipinski definition) is 1. The molecule has 0 aliphatic heterocycles. The number of carbonyl (C=O) groups is 1. The van der Waals surface area contributed by atoms with Crippen LogP contribution in [0.25, 0.3) is 0 Å². The molecule has 19 heavy (non-hydrogen) atoms. The van der Waals surface area contributed by atoms with E-state index in [1.165, 1.54) is 11.8 Å². The lowest BCUT2D eigenvalue weighted by molar-refractivity contribution is -0.120. The third-order valence-electron chi connectivity index (χ3n) is 2.43. The predicted octanol–water partition coefficient (Wildman–Crippen LogP) is 3.60. The summed E-state index contributed by atoms with van der Waals surface area (Å²) in [5.74, 6) is 0.351. The number of carbonyl (C=O) groups excluding carboxylic acids is 1. The van der Waals surface area contributed by atoms with Crippen LogP contribution < -0.4 is 5.32 Å². The molecule has 1 amide bonds. The largest absolute Gasteiger partial charge is 0.342 e. The number of amides is 1. The quantitative estimate of drug-likeness (QED) is 0.635. The minimum absolute atomic E-state index is 0.0595. The minimum atomic E-state index is -0.174. The lowest BCUT2D eigenvalue weighted by atomic mass is 10.1. The molecular formula is C14H17BrN2OS. The molecule has 0 fully saturated rings. The Morgan fingerprint density at radius 3 is 2.74 bits per heavy atom. The molecule has 0 aliphatic carbocycles. The SMILES string of the molecule is CC(C)CC(Sc1ccccc1Br)C(=O)NCC#N. The molecule has 0 saturated carbocycles. The summed E-state index contributed by atoms with van der Waals surface area (Å²) in [6.45, 7) is 4.24. The van der Waals surface area contributed by atoms with Gasteiger partial charge in [0.15, 0.2) is 0 Å². The Morgan fingerprint density at radius 2 is 2.16 bits per heavy atom. The van der Waals surface area contributed by atoms with E-state index in [0.717, 1.165) is 15.8 Å². The van der Waals surface area contributed by atoms with Crippen molar-refractivity contribution >= 4 is 33.6 Å². The summed E-state index contributed by atoms with van der Waals surface area (Å²) < 4.78 is 0.988. The van der Waals surface area contributed by atoms with Crippen LogP contribution in [0.2, 0.25) is 0 Å². The maximum Gasteiger partial charge on any atom is 0.234 e. The van der Waals surface area contributed by atoms with Crippen molar-refractivity contribution < 1.29 is 4.79 Å². The van der Waals surface area contributed by atoms with Crippen LogP contribution in [0.3, 0.4) is 0 Å². The Labute approximate surface area is 126 Å². The molecule has 0 saturated heterocycles. The van der Waals surface area contributed by atoms with E-state index in [-0.39, 0.29) is 17.7 Å². The van der Waals surface area contributed by atoms with E-state index in [2.05, 4.69) is 35.1 Å². The number of nitrogens with zero attached hydrogens (tertiary/aromatic N) is 1. The average Bonchev–Trinajstić information content (AvgIpc) is 2.37. The molecule has 1 atom stereocenters. The number of benzene rings is 1. The van der Waals surface area contributed by atoms with E-state index in [0.29, 0.717) is 5.92 Å². The summed E-state index contributed by atoms with van der Waals surface area (Å²) in [5, 5.41) is 11.0. The van der Waals surface area contributed by atoms with Crippen LogP contribution in [0.5, 0.6) is 0 Å². The number of nitrogens with one attached hydrogen (secondary N) is 1. The lowest BCUT2D eigenvalue weighted by Gasteiger charge is -2.18. The van der Waals surface area contributed by atoms with E-state index in [4.69, 9.17) is 5.26 Å². The standard InChI is InChI=1S/C14H17BrN2OS/c1-10(2)9-13(14(18)17-8-7-16)19-12-6-4-3-5-11(12)15/h3-6,10,13H,8-9H2,1-2H3,(H,17,18). The maximum absolute atomic E-state index is 12.1. The van der Waals surface area contributed by atoms with Gasteiger partial charge in [-0.15, -0.1) is 11.8 Å². The van der Waals surface area contributed by atoms with Gasteiger partial charge in [-0.3, -0.25) is 4.79 Å². The monoisotopic (exact) mass is 340 g/mol. The van der Waals surface area contributed by atoms with Crippen LogP contribution in [0.4, 0.5) is 0 Å². The second-order valence-electron chi connectivity index (χ2n) is 4.54. The van der Waals surface area contributed by atoms with Gasteiger partial charge in [-0.05, 0) is 40.4 Å². The van der Waals surface area contributed by atoms with Gasteiger partial charge in [0.05, 0.1) is 11.3 Å². The van der Waals surface area contributed by atoms with Crippen LogP contribution in [-0.4, -0.2) is 17.7 Å². The van der Waals surface area contributed by atoms with Gasteiger partial charge in [0.25, 0.3) is 0 Å². The van der Waals surface area contributed by atoms with Gasteiger partial charge in [0, 0.05) is 9.37 Å². The van der Waals surface area contributed by atoms with E-state index in [1.807, 2.05) is 30.3 Å². The average molecular weight is 341 g/mol. The molecule has 5 heteroatoms. The van der Waals surface area contributed by atoms with Crippen LogP contribution in [0.1, 0.15) is 20.3 Å². The van der Waals surface area contributed by atoms with Crippen molar-refractivity contribution in [2.75, 3.05) is 6.54 Å². The summed E-state index contributed by atoms with van der Waals surface area (Å²) in [4.78, 5) is 13.1. The van der Waals surface area contributed by atoms with Gasteiger partial charge in [0.1, 0.15) is 6.54 Å². The highest BCUT2D eigenvalue weighted by molar-refractivity contribution is 9.10. The molecule has 3 nitrogen and oxygen atoms in total. The van der Waals surface area contributed by atoms with Gasteiger partial charge in [0.2, 0.25) is 5.91 Å². The molecule has 1 N–H and O–H groups in total. The van der Waals surface area contributed by atoms with Crippen molar-refractivity contribution in [2.24, 2.45) is 5.92 Å². The van der Waals surface area contributed by atoms with Crippen molar-refractivity contribution in [3.05, 3.63) is 28.7 Å². The Bertz CT molecular complexity index is 471. The first-order valence-corrected chi connectivity index (χ1v) is 7.77. The molecule has 0 bridgehead atoms. The first-order chi connectivity index (χ1) is 9.04. The Hall–Kier alpha value is -0.990. The number of nitriles is 1. The summed E-state index contributed by atoms with van der Waals surface area (Å²) in [7, 11) is 0. The topological polar surface area (TPSA) is 52.9 Å². The molecule has 102 valence electrons. The van der Waals surface area contributed by atoms with Crippen LogP contribution in [-0.2, 0) is 4.79 Å². The van der Waals surface area contributed by atoms with E-state index >= 15 is 0 Å². The van der Waals surface area contributed by atoms with Crippen LogP contribution in [0.15, 0.2) is 33.6 Å². The number of rotatable bonds is 6. The molecule has 0 spiro atoms. The number of halogens is 1. The number of thioether (sulfide) groups is 1. The second-order valence-corrected chi connectivity index (χ2v) is 6.64. The minimum Gasteiger partial charge on any atom is -0.342 e. The molecule has 1 aromatic rings.